The zero-order valence-corrected chi connectivity index (χ0v) is 9.88. The lowest BCUT2D eigenvalue weighted by atomic mass is 10.1. The molecular formula is C13H13N3O2. The third-order valence-electron chi connectivity index (χ3n) is 2.42. The van der Waals surface area contributed by atoms with Gasteiger partial charge in [-0.05, 0) is 30.3 Å². The predicted molar refractivity (Wildman–Crippen MR) is 69.6 cm³/mol. The van der Waals surface area contributed by atoms with E-state index >= 15 is 0 Å². The zero-order chi connectivity index (χ0) is 13.0. The molecule has 0 fully saturated rings. The lowest BCUT2D eigenvalue weighted by molar-refractivity contribution is 0.102. The highest BCUT2D eigenvalue weighted by Crippen LogP contribution is 2.20. The average Bonchev–Trinajstić information content (AvgIpc) is 2.40. The lowest BCUT2D eigenvalue weighted by Gasteiger charge is -2.08. The van der Waals surface area contributed by atoms with Crippen LogP contribution in [-0.4, -0.2) is 18.0 Å². The van der Waals surface area contributed by atoms with Gasteiger partial charge in [-0.15, -0.1) is 0 Å². The number of rotatable bonds is 3. The van der Waals surface area contributed by atoms with Gasteiger partial charge in [0.25, 0.3) is 5.91 Å². The third kappa shape index (κ3) is 2.57. The van der Waals surface area contributed by atoms with Gasteiger partial charge >= 0.3 is 0 Å². The molecule has 1 aromatic carbocycles. The molecule has 0 radical (unpaired) electrons. The highest BCUT2D eigenvalue weighted by atomic mass is 16.5. The molecule has 92 valence electrons. The van der Waals surface area contributed by atoms with Crippen molar-refractivity contribution in [2.75, 3.05) is 18.2 Å². The second-order valence-electron chi connectivity index (χ2n) is 3.65. The number of nitrogen functional groups attached to an aromatic ring is 1. The van der Waals surface area contributed by atoms with Crippen LogP contribution in [0, 0.1) is 0 Å². The molecule has 1 aromatic heterocycles. The van der Waals surface area contributed by atoms with E-state index in [4.69, 9.17) is 10.5 Å². The van der Waals surface area contributed by atoms with Gasteiger partial charge in [0.05, 0.1) is 24.6 Å². The highest BCUT2D eigenvalue weighted by molar-refractivity contribution is 6.07. The fraction of sp³-hybridized carbons (Fsp3) is 0.0769. The first-order valence-electron chi connectivity index (χ1n) is 5.35. The zero-order valence-electron chi connectivity index (χ0n) is 9.88. The van der Waals surface area contributed by atoms with Crippen LogP contribution in [0.15, 0.2) is 42.7 Å². The SMILES string of the molecule is COc1ccc(N)c(C(=O)Nc2cccnc2)c1. The number of amides is 1. The summed E-state index contributed by atoms with van der Waals surface area (Å²) >= 11 is 0. The Morgan fingerprint density at radius 3 is 2.89 bits per heavy atom. The van der Waals surface area contributed by atoms with Crippen LogP contribution >= 0.6 is 0 Å². The quantitative estimate of drug-likeness (QED) is 0.807. The number of carbonyl (C=O) groups excluding carboxylic acids is 1. The van der Waals surface area contributed by atoms with E-state index in [0.29, 0.717) is 22.7 Å². The van der Waals surface area contributed by atoms with Crippen molar-refractivity contribution >= 4 is 17.3 Å². The smallest absolute Gasteiger partial charge is 0.257 e. The Balaban J connectivity index is 2.23. The number of nitrogens with two attached hydrogens (primary N) is 1. The summed E-state index contributed by atoms with van der Waals surface area (Å²) in [6.45, 7) is 0. The van der Waals surface area contributed by atoms with Crippen LogP contribution in [-0.2, 0) is 0 Å². The average molecular weight is 243 g/mol. The fourth-order valence-corrected chi connectivity index (χ4v) is 1.49. The Morgan fingerprint density at radius 1 is 1.39 bits per heavy atom. The van der Waals surface area contributed by atoms with E-state index in [-0.39, 0.29) is 5.91 Å². The van der Waals surface area contributed by atoms with Crippen LogP contribution in [0.5, 0.6) is 5.75 Å². The topological polar surface area (TPSA) is 77.2 Å². The number of hydrogen-bond acceptors (Lipinski definition) is 4. The van der Waals surface area contributed by atoms with Crippen molar-refractivity contribution < 1.29 is 9.53 Å². The summed E-state index contributed by atoms with van der Waals surface area (Å²) in [6, 6.07) is 8.43. The number of anilines is 2. The molecule has 1 amide bonds. The van der Waals surface area contributed by atoms with Crippen LogP contribution in [0.25, 0.3) is 0 Å². The molecule has 0 spiro atoms. The Kier molecular flexibility index (Phi) is 3.43. The first kappa shape index (κ1) is 11.9. The van der Waals surface area contributed by atoms with Gasteiger partial charge in [0.2, 0.25) is 0 Å². The summed E-state index contributed by atoms with van der Waals surface area (Å²) < 4.78 is 5.06. The van der Waals surface area contributed by atoms with Crippen molar-refractivity contribution in [3.8, 4) is 5.75 Å². The molecule has 5 heteroatoms. The van der Waals surface area contributed by atoms with Gasteiger partial charge < -0.3 is 15.8 Å². The van der Waals surface area contributed by atoms with Crippen molar-refractivity contribution in [1.82, 2.24) is 4.98 Å². The van der Waals surface area contributed by atoms with Crippen molar-refractivity contribution in [2.45, 2.75) is 0 Å². The molecule has 2 rings (SSSR count). The maximum absolute atomic E-state index is 12.0. The molecule has 18 heavy (non-hydrogen) atoms. The number of hydrogen-bond donors (Lipinski definition) is 2. The molecule has 1 heterocycles. The van der Waals surface area contributed by atoms with E-state index < -0.39 is 0 Å². The van der Waals surface area contributed by atoms with Crippen molar-refractivity contribution in [3.63, 3.8) is 0 Å². The van der Waals surface area contributed by atoms with E-state index in [0.717, 1.165) is 0 Å². The van der Waals surface area contributed by atoms with Gasteiger partial charge in [-0.1, -0.05) is 0 Å². The normalized spacial score (nSPS) is 9.83. The van der Waals surface area contributed by atoms with Crippen LogP contribution in [0.4, 0.5) is 11.4 Å². The van der Waals surface area contributed by atoms with E-state index in [2.05, 4.69) is 10.3 Å². The summed E-state index contributed by atoms with van der Waals surface area (Å²) in [5.74, 6) is 0.292. The second kappa shape index (κ2) is 5.18. The summed E-state index contributed by atoms with van der Waals surface area (Å²) in [5, 5.41) is 2.71. The highest BCUT2D eigenvalue weighted by Gasteiger charge is 2.11. The van der Waals surface area contributed by atoms with Crippen LogP contribution in [0.3, 0.4) is 0 Å². The molecule has 2 aromatic rings. The Labute approximate surface area is 105 Å². The molecule has 0 aliphatic carbocycles. The summed E-state index contributed by atoms with van der Waals surface area (Å²) in [6.07, 6.45) is 3.20. The molecule has 0 saturated heterocycles. The second-order valence-corrected chi connectivity index (χ2v) is 3.65. The van der Waals surface area contributed by atoms with Crippen molar-refractivity contribution in [1.29, 1.82) is 0 Å². The Morgan fingerprint density at radius 2 is 2.22 bits per heavy atom. The number of carbonyl (C=O) groups is 1. The molecule has 0 atom stereocenters. The maximum atomic E-state index is 12.0. The third-order valence-corrected chi connectivity index (χ3v) is 2.42. The largest absolute Gasteiger partial charge is 0.497 e. The summed E-state index contributed by atoms with van der Waals surface area (Å²) in [7, 11) is 1.54. The van der Waals surface area contributed by atoms with Gasteiger partial charge in [0.15, 0.2) is 0 Å². The molecule has 0 unspecified atom stereocenters. The van der Waals surface area contributed by atoms with Crippen molar-refractivity contribution in [3.05, 3.63) is 48.3 Å². The van der Waals surface area contributed by atoms with Gasteiger partial charge in [-0.3, -0.25) is 9.78 Å². The fourth-order valence-electron chi connectivity index (χ4n) is 1.49. The van der Waals surface area contributed by atoms with Crippen LogP contribution in [0.2, 0.25) is 0 Å². The minimum absolute atomic E-state index is 0.292. The van der Waals surface area contributed by atoms with Gasteiger partial charge in [-0.25, -0.2) is 0 Å². The molecular weight excluding hydrogens is 230 g/mol. The van der Waals surface area contributed by atoms with Crippen LogP contribution in [0.1, 0.15) is 10.4 Å². The first-order chi connectivity index (χ1) is 8.70. The van der Waals surface area contributed by atoms with Crippen LogP contribution < -0.4 is 15.8 Å². The lowest BCUT2D eigenvalue weighted by Crippen LogP contribution is -2.14. The minimum Gasteiger partial charge on any atom is -0.497 e. The van der Waals surface area contributed by atoms with E-state index in [1.54, 1.807) is 42.7 Å². The Hall–Kier alpha value is -2.56. The predicted octanol–water partition coefficient (Wildman–Crippen LogP) is 1.92. The van der Waals surface area contributed by atoms with E-state index in [1.165, 1.54) is 7.11 Å². The molecule has 5 nitrogen and oxygen atoms in total. The van der Waals surface area contributed by atoms with Gasteiger partial charge in [-0.2, -0.15) is 0 Å². The van der Waals surface area contributed by atoms with Crippen molar-refractivity contribution in [2.24, 2.45) is 0 Å². The minimum atomic E-state index is -0.292. The summed E-state index contributed by atoms with van der Waals surface area (Å²) in [4.78, 5) is 15.9. The number of nitrogens with one attached hydrogen (secondary N) is 1. The van der Waals surface area contributed by atoms with E-state index in [9.17, 15) is 4.79 Å². The monoisotopic (exact) mass is 243 g/mol. The summed E-state index contributed by atoms with van der Waals surface area (Å²) in [5.41, 5.74) is 7.16. The van der Waals surface area contributed by atoms with E-state index in [1.807, 2.05) is 0 Å². The van der Waals surface area contributed by atoms with Gasteiger partial charge in [0, 0.05) is 11.9 Å². The number of pyridine rings is 1. The number of benzene rings is 1. The molecule has 0 saturated carbocycles. The number of aromatic nitrogens is 1. The number of ether oxygens (including phenoxy) is 1. The molecule has 0 aliphatic rings. The number of methoxy groups -OCH3 is 1. The standard InChI is InChI=1S/C13H13N3O2/c1-18-10-4-5-12(14)11(7-10)13(17)16-9-3-2-6-15-8-9/h2-8H,14H2,1H3,(H,16,17). The molecule has 0 aliphatic heterocycles. The molecule has 0 bridgehead atoms. The van der Waals surface area contributed by atoms with Gasteiger partial charge in [0.1, 0.15) is 5.75 Å². The maximum Gasteiger partial charge on any atom is 0.257 e. The number of nitrogens with zero attached hydrogens (tertiary/aromatic N) is 1. The Bertz CT molecular complexity index is 555. The molecule has 3 N–H and O–H groups in total. The first-order valence-corrected chi connectivity index (χ1v) is 5.35.